The zero-order chi connectivity index (χ0) is 21.4. The van der Waals surface area contributed by atoms with E-state index in [1.807, 2.05) is 0 Å². The van der Waals surface area contributed by atoms with Crippen LogP contribution >= 0.6 is 0 Å². The molecule has 2 amide bonds. The molecule has 0 unspecified atom stereocenters. The van der Waals surface area contributed by atoms with Crippen LogP contribution in [0.15, 0.2) is 53.4 Å². The number of benzene rings is 2. The lowest BCUT2D eigenvalue weighted by Gasteiger charge is -2.11. The second kappa shape index (κ2) is 10.1. The summed E-state index contributed by atoms with van der Waals surface area (Å²) in [7, 11) is -3.70. The Labute approximate surface area is 169 Å². The molecule has 0 spiro atoms. The molecule has 0 aliphatic carbocycles. The van der Waals surface area contributed by atoms with E-state index in [1.54, 1.807) is 19.9 Å². The summed E-state index contributed by atoms with van der Waals surface area (Å²) < 4.78 is 40.0. The maximum atomic E-state index is 13.1. The molecule has 0 atom stereocenters. The third kappa shape index (κ3) is 7.28. The van der Waals surface area contributed by atoms with Gasteiger partial charge < -0.3 is 10.6 Å². The number of rotatable bonds is 9. The molecule has 2 rings (SSSR count). The molecule has 2 aromatic carbocycles. The minimum absolute atomic E-state index is 0.00208. The summed E-state index contributed by atoms with van der Waals surface area (Å²) in [6.45, 7) is 3.76. The Morgan fingerprint density at radius 1 is 1.00 bits per heavy atom. The molecular formula is C20H24FN3O4S. The van der Waals surface area contributed by atoms with Gasteiger partial charge >= 0.3 is 0 Å². The van der Waals surface area contributed by atoms with E-state index >= 15 is 0 Å². The summed E-state index contributed by atoms with van der Waals surface area (Å²) >= 11 is 0. The molecule has 0 saturated heterocycles. The van der Waals surface area contributed by atoms with E-state index in [0.717, 1.165) is 0 Å². The van der Waals surface area contributed by atoms with E-state index in [4.69, 9.17) is 0 Å². The fourth-order valence-corrected chi connectivity index (χ4v) is 3.85. The average Bonchev–Trinajstić information content (AvgIpc) is 2.64. The first-order chi connectivity index (χ1) is 13.7. The molecule has 0 aliphatic heterocycles. The number of halogens is 1. The number of amides is 2. The van der Waals surface area contributed by atoms with E-state index in [2.05, 4.69) is 15.4 Å². The fraction of sp³-hybridized carbons (Fsp3) is 0.300. The molecule has 0 aliphatic rings. The van der Waals surface area contributed by atoms with Gasteiger partial charge in [0.25, 0.3) is 5.91 Å². The number of hydrogen-bond acceptors (Lipinski definition) is 4. The van der Waals surface area contributed by atoms with Crippen molar-refractivity contribution in [3.63, 3.8) is 0 Å². The largest absolute Gasteiger partial charge is 0.354 e. The predicted molar refractivity (Wildman–Crippen MR) is 107 cm³/mol. The summed E-state index contributed by atoms with van der Waals surface area (Å²) in [6, 6.07) is 11.2. The van der Waals surface area contributed by atoms with E-state index < -0.39 is 21.7 Å². The molecular weight excluding hydrogens is 397 g/mol. The molecule has 29 heavy (non-hydrogen) atoms. The van der Waals surface area contributed by atoms with Crippen molar-refractivity contribution in [2.75, 3.05) is 13.1 Å². The van der Waals surface area contributed by atoms with Crippen LogP contribution < -0.4 is 15.4 Å². The third-order valence-electron chi connectivity index (χ3n) is 3.78. The van der Waals surface area contributed by atoms with Crippen LogP contribution in [0, 0.1) is 5.82 Å². The minimum atomic E-state index is -3.70. The van der Waals surface area contributed by atoms with Gasteiger partial charge in [0.05, 0.1) is 11.3 Å². The second-order valence-corrected chi connectivity index (χ2v) is 8.43. The van der Waals surface area contributed by atoms with Gasteiger partial charge in [0, 0.05) is 24.7 Å². The number of carbonyl (C=O) groups excluding carboxylic acids is 2. The lowest BCUT2D eigenvalue weighted by atomic mass is 10.1. The standard InChI is InChI=1S/C20H24FN3O4S/c1-14(2)24-29(27,28)18-8-4-6-16(13-18)20(26)23-10-9-22-19(25)12-15-5-3-7-17(21)11-15/h3-8,11,13-14,24H,9-10,12H2,1-2H3,(H,22,25)(H,23,26). The normalized spacial score (nSPS) is 11.3. The molecule has 0 saturated carbocycles. The van der Waals surface area contributed by atoms with Gasteiger partial charge in [-0.15, -0.1) is 0 Å². The maximum absolute atomic E-state index is 13.1. The van der Waals surface area contributed by atoms with Crippen molar-refractivity contribution in [3.8, 4) is 0 Å². The highest BCUT2D eigenvalue weighted by molar-refractivity contribution is 7.89. The molecule has 0 radical (unpaired) electrons. The molecule has 9 heteroatoms. The van der Waals surface area contributed by atoms with Crippen LogP contribution in [0.4, 0.5) is 4.39 Å². The fourth-order valence-electron chi connectivity index (χ4n) is 2.56. The van der Waals surface area contributed by atoms with Crippen LogP contribution in [0.3, 0.4) is 0 Å². The zero-order valence-electron chi connectivity index (χ0n) is 16.2. The highest BCUT2D eigenvalue weighted by Gasteiger charge is 2.17. The minimum Gasteiger partial charge on any atom is -0.354 e. The van der Waals surface area contributed by atoms with E-state index in [9.17, 15) is 22.4 Å². The van der Waals surface area contributed by atoms with E-state index in [1.165, 1.54) is 42.5 Å². The van der Waals surface area contributed by atoms with Crippen molar-refractivity contribution in [1.82, 2.24) is 15.4 Å². The number of sulfonamides is 1. The van der Waals surface area contributed by atoms with Crippen molar-refractivity contribution in [3.05, 3.63) is 65.5 Å². The molecule has 0 bridgehead atoms. The lowest BCUT2D eigenvalue weighted by molar-refractivity contribution is -0.120. The van der Waals surface area contributed by atoms with Crippen molar-refractivity contribution in [2.24, 2.45) is 0 Å². The summed E-state index contributed by atoms with van der Waals surface area (Å²) in [4.78, 5) is 24.1. The predicted octanol–water partition coefficient (Wildman–Crippen LogP) is 1.60. The molecule has 7 nitrogen and oxygen atoms in total. The van der Waals surface area contributed by atoms with Crippen molar-refractivity contribution >= 4 is 21.8 Å². The van der Waals surface area contributed by atoms with Gasteiger partial charge in [0.15, 0.2) is 0 Å². The van der Waals surface area contributed by atoms with Gasteiger partial charge in [-0.25, -0.2) is 17.5 Å². The summed E-state index contributed by atoms with van der Waals surface area (Å²) in [5.41, 5.74) is 0.752. The van der Waals surface area contributed by atoms with Crippen LogP contribution in [0.25, 0.3) is 0 Å². The van der Waals surface area contributed by atoms with Crippen LogP contribution in [0.5, 0.6) is 0 Å². The van der Waals surface area contributed by atoms with Gasteiger partial charge in [0.1, 0.15) is 5.82 Å². The SMILES string of the molecule is CC(C)NS(=O)(=O)c1cccc(C(=O)NCCNC(=O)Cc2cccc(F)c2)c1. The molecule has 156 valence electrons. The first kappa shape index (κ1) is 22.5. The Morgan fingerprint density at radius 2 is 1.69 bits per heavy atom. The Kier molecular flexibility index (Phi) is 7.86. The Morgan fingerprint density at radius 3 is 2.38 bits per heavy atom. The summed E-state index contributed by atoms with van der Waals surface area (Å²) in [6.07, 6.45) is 0.0362. The van der Waals surface area contributed by atoms with Gasteiger partial charge in [-0.05, 0) is 49.7 Å². The van der Waals surface area contributed by atoms with Crippen molar-refractivity contribution < 1.29 is 22.4 Å². The third-order valence-corrected chi connectivity index (χ3v) is 5.44. The molecule has 0 aromatic heterocycles. The monoisotopic (exact) mass is 421 g/mol. The van der Waals surface area contributed by atoms with E-state index in [-0.39, 0.29) is 41.9 Å². The molecule has 3 N–H and O–H groups in total. The Hall–Kier alpha value is -2.78. The Balaban J connectivity index is 1.83. The number of nitrogens with one attached hydrogen (secondary N) is 3. The van der Waals surface area contributed by atoms with Gasteiger partial charge in [0.2, 0.25) is 15.9 Å². The quantitative estimate of drug-likeness (QED) is 0.535. The average molecular weight is 421 g/mol. The number of hydrogen-bond donors (Lipinski definition) is 3. The second-order valence-electron chi connectivity index (χ2n) is 6.72. The Bertz CT molecular complexity index is 977. The highest BCUT2D eigenvalue weighted by Crippen LogP contribution is 2.12. The van der Waals surface area contributed by atoms with Gasteiger partial charge in [-0.1, -0.05) is 18.2 Å². The lowest BCUT2D eigenvalue weighted by Crippen LogP contribution is -2.35. The van der Waals surface area contributed by atoms with E-state index in [0.29, 0.717) is 5.56 Å². The van der Waals surface area contributed by atoms with Crippen LogP contribution in [0.2, 0.25) is 0 Å². The highest BCUT2D eigenvalue weighted by atomic mass is 32.2. The van der Waals surface area contributed by atoms with Crippen LogP contribution in [0.1, 0.15) is 29.8 Å². The maximum Gasteiger partial charge on any atom is 0.251 e. The summed E-state index contributed by atoms with van der Waals surface area (Å²) in [5.74, 6) is -1.15. The first-order valence-electron chi connectivity index (χ1n) is 9.09. The summed E-state index contributed by atoms with van der Waals surface area (Å²) in [5, 5.41) is 5.25. The van der Waals surface area contributed by atoms with Gasteiger partial charge in [-0.3, -0.25) is 9.59 Å². The van der Waals surface area contributed by atoms with Crippen molar-refractivity contribution in [1.29, 1.82) is 0 Å². The van der Waals surface area contributed by atoms with Gasteiger partial charge in [-0.2, -0.15) is 0 Å². The topological polar surface area (TPSA) is 104 Å². The molecule has 0 fully saturated rings. The van der Waals surface area contributed by atoms with Crippen LogP contribution in [-0.4, -0.2) is 39.4 Å². The first-order valence-corrected chi connectivity index (χ1v) is 10.6. The van der Waals surface area contributed by atoms with Crippen molar-refractivity contribution in [2.45, 2.75) is 31.2 Å². The van der Waals surface area contributed by atoms with Crippen LogP contribution in [-0.2, 0) is 21.2 Å². The molecule has 0 heterocycles. The molecule has 2 aromatic rings. The zero-order valence-corrected chi connectivity index (χ0v) is 17.1. The number of carbonyl (C=O) groups is 2. The smallest absolute Gasteiger partial charge is 0.251 e.